The number of carbonyl (C=O) groups is 1. The monoisotopic (exact) mass is 313 g/mol. The quantitative estimate of drug-likeness (QED) is 0.781. The number of rotatable bonds is 6. The van der Waals surface area contributed by atoms with Crippen LogP contribution in [0.25, 0.3) is 0 Å². The molecule has 2 N–H and O–H groups in total. The third kappa shape index (κ3) is 8.69. The Kier molecular flexibility index (Phi) is 13.2. The van der Waals surface area contributed by atoms with Crippen molar-refractivity contribution in [2.45, 2.75) is 26.7 Å². The molecule has 1 rings (SSSR count). The molecule has 19 heavy (non-hydrogen) atoms. The van der Waals surface area contributed by atoms with Crippen molar-refractivity contribution in [3.8, 4) is 0 Å². The molecule has 0 aromatic rings. The van der Waals surface area contributed by atoms with E-state index in [0.717, 1.165) is 25.6 Å². The van der Waals surface area contributed by atoms with Gasteiger partial charge in [0.15, 0.2) is 0 Å². The SMILES string of the molecule is CNCC(C)C(=O)NCCN1CCCC(C)C1.Cl.Cl. The first-order valence-electron chi connectivity index (χ1n) is 6.78. The minimum Gasteiger partial charge on any atom is -0.355 e. The molecule has 6 heteroatoms. The molecule has 1 fully saturated rings. The molecule has 0 saturated carbocycles. The van der Waals surface area contributed by atoms with E-state index >= 15 is 0 Å². The summed E-state index contributed by atoms with van der Waals surface area (Å²) in [5, 5.41) is 6.03. The Morgan fingerprint density at radius 3 is 2.68 bits per heavy atom. The van der Waals surface area contributed by atoms with Crippen molar-refractivity contribution < 1.29 is 4.79 Å². The van der Waals surface area contributed by atoms with E-state index < -0.39 is 0 Å². The maximum atomic E-state index is 11.7. The van der Waals surface area contributed by atoms with Crippen molar-refractivity contribution in [2.24, 2.45) is 11.8 Å². The number of nitrogens with one attached hydrogen (secondary N) is 2. The van der Waals surface area contributed by atoms with E-state index in [2.05, 4.69) is 22.5 Å². The van der Waals surface area contributed by atoms with Crippen molar-refractivity contribution in [1.82, 2.24) is 15.5 Å². The fraction of sp³-hybridized carbons (Fsp3) is 0.923. The van der Waals surface area contributed by atoms with Crippen molar-refractivity contribution in [2.75, 3.05) is 39.8 Å². The van der Waals surface area contributed by atoms with E-state index in [9.17, 15) is 4.79 Å². The number of hydrogen-bond acceptors (Lipinski definition) is 3. The van der Waals surface area contributed by atoms with Crippen LogP contribution in [0, 0.1) is 11.8 Å². The fourth-order valence-corrected chi connectivity index (χ4v) is 2.40. The van der Waals surface area contributed by atoms with Crippen molar-refractivity contribution >= 4 is 30.7 Å². The molecule has 1 saturated heterocycles. The third-order valence-corrected chi connectivity index (χ3v) is 3.43. The van der Waals surface area contributed by atoms with E-state index in [0.29, 0.717) is 0 Å². The van der Waals surface area contributed by atoms with Crippen LogP contribution in [0.3, 0.4) is 0 Å². The number of amides is 1. The van der Waals surface area contributed by atoms with E-state index in [1.54, 1.807) is 0 Å². The summed E-state index contributed by atoms with van der Waals surface area (Å²) >= 11 is 0. The lowest BCUT2D eigenvalue weighted by atomic mass is 10.0. The van der Waals surface area contributed by atoms with E-state index in [-0.39, 0.29) is 36.6 Å². The van der Waals surface area contributed by atoms with Gasteiger partial charge in [-0.25, -0.2) is 0 Å². The van der Waals surface area contributed by atoms with Gasteiger partial charge in [-0.2, -0.15) is 0 Å². The summed E-state index contributed by atoms with van der Waals surface area (Å²) in [7, 11) is 1.87. The predicted octanol–water partition coefficient (Wildman–Crippen LogP) is 1.53. The van der Waals surface area contributed by atoms with E-state index in [1.165, 1.54) is 25.9 Å². The Bertz CT molecular complexity index is 242. The maximum absolute atomic E-state index is 11.7. The molecule has 1 amide bonds. The van der Waals surface area contributed by atoms with Crippen molar-refractivity contribution in [3.05, 3.63) is 0 Å². The molecule has 2 unspecified atom stereocenters. The zero-order valence-electron chi connectivity index (χ0n) is 12.3. The topological polar surface area (TPSA) is 44.4 Å². The van der Waals surface area contributed by atoms with Crippen molar-refractivity contribution in [3.63, 3.8) is 0 Å². The molecule has 0 bridgehead atoms. The van der Waals surface area contributed by atoms with Gasteiger partial charge in [-0.1, -0.05) is 13.8 Å². The number of carbonyl (C=O) groups excluding carboxylic acids is 1. The number of likely N-dealkylation sites (tertiary alicyclic amines) is 1. The molecular formula is C13H29Cl2N3O. The van der Waals surface area contributed by atoms with Crippen LogP contribution in [0.15, 0.2) is 0 Å². The third-order valence-electron chi connectivity index (χ3n) is 3.43. The van der Waals surface area contributed by atoms with Gasteiger partial charge in [0.05, 0.1) is 0 Å². The van der Waals surface area contributed by atoms with Crippen LogP contribution in [-0.2, 0) is 4.79 Å². The lowest BCUT2D eigenvalue weighted by Crippen LogP contribution is -2.42. The van der Waals surface area contributed by atoms with Crippen LogP contribution in [0.4, 0.5) is 0 Å². The molecule has 4 nitrogen and oxygen atoms in total. The second-order valence-electron chi connectivity index (χ2n) is 5.30. The van der Waals surface area contributed by atoms with Gasteiger partial charge in [0.2, 0.25) is 5.91 Å². The predicted molar refractivity (Wildman–Crippen MR) is 85.4 cm³/mol. The Labute approximate surface area is 129 Å². The molecule has 1 heterocycles. The lowest BCUT2D eigenvalue weighted by Gasteiger charge is -2.30. The molecule has 0 aromatic carbocycles. The second-order valence-corrected chi connectivity index (χ2v) is 5.30. The van der Waals surface area contributed by atoms with Crippen molar-refractivity contribution in [1.29, 1.82) is 0 Å². The summed E-state index contributed by atoms with van der Waals surface area (Å²) < 4.78 is 0. The second kappa shape index (κ2) is 11.8. The summed E-state index contributed by atoms with van der Waals surface area (Å²) in [6, 6.07) is 0. The summed E-state index contributed by atoms with van der Waals surface area (Å²) in [5.41, 5.74) is 0. The van der Waals surface area contributed by atoms with Gasteiger partial charge in [0, 0.05) is 32.1 Å². The van der Waals surface area contributed by atoms with Gasteiger partial charge >= 0.3 is 0 Å². The highest BCUT2D eigenvalue weighted by molar-refractivity contribution is 5.85. The number of hydrogen-bond donors (Lipinski definition) is 2. The summed E-state index contributed by atoms with van der Waals surface area (Å²) in [6.07, 6.45) is 2.65. The average molecular weight is 314 g/mol. The zero-order chi connectivity index (χ0) is 12.7. The van der Waals surface area contributed by atoms with Gasteiger partial charge < -0.3 is 15.5 Å². The molecule has 116 valence electrons. The first-order chi connectivity index (χ1) is 8.13. The lowest BCUT2D eigenvalue weighted by molar-refractivity contribution is -0.124. The zero-order valence-corrected chi connectivity index (χ0v) is 13.9. The number of nitrogens with zero attached hydrogens (tertiary/aromatic N) is 1. The van der Waals surface area contributed by atoms with Gasteiger partial charge in [0.25, 0.3) is 0 Å². The molecule has 0 radical (unpaired) electrons. The van der Waals surface area contributed by atoms with E-state index in [4.69, 9.17) is 0 Å². The Hall–Kier alpha value is -0.0300. The van der Waals surface area contributed by atoms with Crippen LogP contribution in [0.5, 0.6) is 0 Å². The Morgan fingerprint density at radius 2 is 2.11 bits per heavy atom. The van der Waals surface area contributed by atoms with Crippen LogP contribution >= 0.6 is 24.8 Å². The summed E-state index contributed by atoms with van der Waals surface area (Å²) in [4.78, 5) is 14.1. The first kappa shape index (κ1) is 21.3. The fourth-order valence-electron chi connectivity index (χ4n) is 2.40. The van der Waals surface area contributed by atoms with E-state index in [1.807, 2.05) is 14.0 Å². The van der Waals surface area contributed by atoms with Crippen LogP contribution < -0.4 is 10.6 Å². The smallest absolute Gasteiger partial charge is 0.224 e. The standard InChI is InChI=1S/C13H27N3O.2ClH/c1-11-5-4-7-16(10-11)8-6-15-13(17)12(2)9-14-3;;/h11-12,14H,4-10H2,1-3H3,(H,15,17);2*1H. The number of piperidine rings is 1. The van der Waals surface area contributed by atoms with Gasteiger partial charge in [-0.3, -0.25) is 4.79 Å². The molecule has 0 aliphatic carbocycles. The molecule has 0 aromatic heterocycles. The van der Waals surface area contributed by atoms with Gasteiger partial charge in [-0.15, -0.1) is 24.8 Å². The minimum absolute atomic E-state index is 0. The first-order valence-corrected chi connectivity index (χ1v) is 6.78. The molecule has 2 atom stereocenters. The Balaban J connectivity index is 0. The minimum atomic E-state index is 0. The molecule has 0 spiro atoms. The largest absolute Gasteiger partial charge is 0.355 e. The molecule has 1 aliphatic rings. The van der Waals surface area contributed by atoms with Gasteiger partial charge in [-0.05, 0) is 32.4 Å². The molecular weight excluding hydrogens is 285 g/mol. The van der Waals surface area contributed by atoms with Crippen LogP contribution in [0.1, 0.15) is 26.7 Å². The van der Waals surface area contributed by atoms with Gasteiger partial charge in [0.1, 0.15) is 0 Å². The average Bonchev–Trinajstić information content (AvgIpc) is 2.29. The highest BCUT2D eigenvalue weighted by Gasteiger charge is 2.16. The molecule has 1 aliphatic heterocycles. The Morgan fingerprint density at radius 1 is 1.42 bits per heavy atom. The highest BCUT2D eigenvalue weighted by atomic mass is 35.5. The van der Waals surface area contributed by atoms with Crippen LogP contribution in [-0.4, -0.2) is 50.6 Å². The summed E-state index contributed by atoms with van der Waals surface area (Å²) in [6.45, 7) is 9.14. The maximum Gasteiger partial charge on any atom is 0.224 e. The number of halogens is 2. The highest BCUT2D eigenvalue weighted by Crippen LogP contribution is 2.14. The normalized spacial score (nSPS) is 20.9. The summed E-state index contributed by atoms with van der Waals surface area (Å²) in [5.74, 6) is 1.02. The van der Waals surface area contributed by atoms with Crippen LogP contribution in [0.2, 0.25) is 0 Å².